The molecular formula is C20H16N4O. The molecule has 122 valence electrons. The zero-order chi connectivity index (χ0) is 17.6. The minimum absolute atomic E-state index is 0.492. The van der Waals surface area contributed by atoms with Gasteiger partial charge in [-0.15, -0.1) is 0 Å². The fourth-order valence-corrected chi connectivity index (χ4v) is 3.18. The molecule has 3 aromatic rings. The summed E-state index contributed by atoms with van der Waals surface area (Å²) < 4.78 is 1.93. The van der Waals surface area contributed by atoms with E-state index in [1.807, 2.05) is 60.9 Å². The highest BCUT2D eigenvalue weighted by molar-refractivity contribution is 6.15. The second kappa shape index (κ2) is 5.69. The van der Waals surface area contributed by atoms with Crippen LogP contribution in [-0.2, 0) is 0 Å². The SMILES string of the molecule is Cc1nc2n(c1C)-c1ccc(C#N)cc1C(c1ccccc1)=NC2O. The van der Waals surface area contributed by atoms with Crippen LogP contribution in [0, 0.1) is 25.2 Å². The van der Waals surface area contributed by atoms with Gasteiger partial charge >= 0.3 is 0 Å². The summed E-state index contributed by atoms with van der Waals surface area (Å²) in [6.45, 7) is 3.88. The van der Waals surface area contributed by atoms with Crippen molar-refractivity contribution < 1.29 is 5.11 Å². The molecular weight excluding hydrogens is 312 g/mol. The lowest BCUT2D eigenvalue weighted by atomic mass is 9.98. The van der Waals surface area contributed by atoms with Gasteiger partial charge in [0.1, 0.15) is 0 Å². The Hall–Kier alpha value is -3.23. The minimum Gasteiger partial charge on any atom is -0.365 e. The molecule has 1 aliphatic heterocycles. The van der Waals surface area contributed by atoms with Crippen LogP contribution in [0.1, 0.15) is 40.1 Å². The molecule has 2 aromatic carbocycles. The number of aliphatic hydroxyl groups is 1. The molecule has 2 heterocycles. The van der Waals surface area contributed by atoms with Crippen LogP contribution < -0.4 is 0 Å². The Labute approximate surface area is 145 Å². The van der Waals surface area contributed by atoms with E-state index in [2.05, 4.69) is 16.0 Å². The molecule has 0 fully saturated rings. The lowest BCUT2D eigenvalue weighted by Gasteiger charge is -2.13. The third-order valence-corrected chi connectivity index (χ3v) is 4.52. The van der Waals surface area contributed by atoms with Crippen LogP contribution in [0.25, 0.3) is 5.69 Å². The molecule has 0 saturated heterocycles. The van der Waals surface area contributed by atoms with E-state index in [-0.39, 0.29) is 0 Å². The molecule has 0 amide bonds. The van der Waals surface area contributed by atoms with Crippen LogP contribution >= 0.6 is 0 Å². The molecule has 1 aromatic heterocycles. The van der Waals surface area contributed by atoms with E-state index < -0.39 is 6.23 Å². The van der Waals surface area contributed by atoms with Gasteiger partial charge in [0.05, 0.1) is 28.7 Å². The molecule has 1 N–H and O–H groups in total. The summed E-state index contributed by atoms with van der Waals surface area (Å²) in [6, 6.07) is 17.3. The number of rotatable bonds is 1. The fourth-order valence-electron chi connectivity index (χ4n) is 3.18. The number of hydrogen-bond acceptors (Lipinski definition) is 4. The number of nitrogens with zero attached hydrogens (tertiary/aromatic N) is 4. The van der Waals surface area contributed by atoms with Crippen molar-refractivity contribution in [3.63, 3.8) is 0 Å². The van der Waals surface area contributed by atoms with Crippen LogP contribution in [0.5, 0.6) is 0 Å². The van der Waals surface area contributed by atoms with Gasteiger partial charge in [0.25, 0.3) is 0 Å². The van der Waals surface area contributed by atoms with Crippen molar-refractivity contribution in [1.29, 1.82) is 5.26 Å². The molecule has 1 unspecified atom stereocenters. The third-order valence-electron chi connectivity index (χ3n) is 4.52. The highest BCUT2D eigenvalue weighted by atomic mass is 16.3. The Morgan fingerprint density at radius 2 is 1.88 bits per heavy atom. The molecule has 1 aliphatic rings. The van der Waals surface area contributed by atoms with Crippen molar-refractivity contribution in [3.05, 3.63) is 82.4 Å². The molecule has 5 nitrogen and oxygen atoms in total. The van der Waals surface area contributed by atoms with Crippen LogP contribution in [0.3, 0.4) is 0 Å². The van der Waals surface area contributed by atoms with Crippen LogP contribution in [-0.4, -0.2) is 20.4 Å². The van der Waals surface area contributed by atoms with E-state index in [1.165, 1.54) is 0 Å². The fraction of sp³-hybridized carbons (Fsp3) is 0.150. The highest BCUT2D eigenvalue weighted by Gasteiger charge is 2.27. The molecule has 5 heteroatoms. The maximum Gasteiger partial charge on any atom is 0.205 e. The number of benzene rings is 2. The normalized spacial score (nSPS) is 15.6. The molecule has 1 atom stereocenters. The summed E-state index contributed by atoms with van der Waals surface area (Å²) >= 11 is 0. The first-order valence-electron chi connectivity index (χ1n) is 8.02. The molecule has 0 saturated carbocycles. The lowest BCUT2D eigenvalue weighted by Crippen LogP contribution is -2.08. The minimum atomic E-state index is -1.07. The largest absolute Gasteiger partial charge is 0.365 e. The van der Waals surface area contributed by atoms with Crippen LogP contribution in [0.4, 0.5) is 0 Å². The Bertz CT molecular complexity index is 1040. The Balaban J connectivity index is 2.08. The van der Waals surface area contributed by atoms with Crippen molar-refractivity contribution in [3.8, 4) is 11.8 Å². The first kappa shape index (κ1) is 15.3. The van der Waals surface area contributed by atoms with E-state index in [1.54, 1.807) is 6.07 Å². The summed E-state index contributed by atoms with van der Waals surface area (Å²) in [4.78, 5) is 9.04. The summed E-state index contributed by atoms with van der Waals surface area (Å²) in [6.07, 6.45) is -1.07. The standard InChI is InChI=1S/C20H16N4O/c1-12-13(2)24-17-9-8-14(11-21)10-16(17)18(15-6-4-3-5-7-15)23-20(25)19(24)22-12/h3-10,20,25H,1-2H3. The molecule has 0 aliphatic carbocycles. The number of aliphatic imine (C=N–C) groups is 1. The zero-order valence-corrected chi connectivity index (χ0v) is 13.9. The average molecular weight is 328 g/mol. The van der Waals surface area contributed by atoms with Crippen molar-refractivity contribution in [2.75, 3.05) is 0 Å². The molecule has 0 bridgehead atoms. The van der Waals surface area contributed by atoms with E-state index in [0.29, 0.717) is 17.1 Å². The number of fused-ring (bicyclic) bond motifs is 3. The summed E-state index contributed by atoms with van der Waals surface area (Å²) in [5.74, 6) is 0.492. The van der Waals surface area contributed by atoms with Gasteiger partial charge in [-0.1, -0.05) is 30.3 Å². The van der Waals surface area contributed by atoms with Gasteiger partial charge in [-0.3, -0.25) is 4.57 Å². The van der Waals surface area contributed by atoms with Crippen molar-refractivity contribution in [2.45, 2.75) is 20.1 Å². The summed E-state index contributed by atoms with van der Waals surface area (Å²) in [5.41, 5.74) is 5.57. The molecule has 25 heavy (non-hydrogen) atoms. The van der Waals surface area contributed by atoms with E-state index in [9.17, 15) is 10.4 Å². The van der Waals surface area contributed by atoms with Gasteiger partial charge in [0.15, 0.2) is 5.82 Å². The molecule has 0 radical (unpaired) electrons. The van der Waals surface area contributed by atoms with Crippen LogP contribution in [0.2, 0.25) is 0 Å². The number of nitriles is 1. The maximum atomic E-state index is 10.7. The Morgan fingerprint density at radius 1 is 1.12 bits per heavy atom. The van der Waals surface area contributed by atoms with Crippen molar-refractivity contribution in [1.82, 2.24) is 9.55 Å². The first-order valence-corrected chi connectivity index (χ1v) is 8.02. The van der Waals surface area contributed by atoms with Gasteiger partial charge in [0, 0.05) is 16.8 Å². The second-order valence-electron chi connectivity index (χ2n) is 6.04. The average Bonchev–Trinajstić information content (AvgIpc) is 2.88. The predicted molar refractivity (Wildman–Crippen MR) is 94.8 cm³/mol. The maximum absolute atomic E-state index is 10.7. The zero-order valence-electron chi connectivity index (χ0n) is 13.9. The number of aromatic nitrogens is 2. The smallest absolute Gasteiger partial charge is 0.205 e. The molecule has 4 rings (SSSR count). The van der Waals surface area contributed by atoms with Gasteiger partial charge in [-0.2, -0.15) is 5.26 Å². The predicted octanol–water partition coefficient (Wildman–Crippen LogP) is 3.20. The van der Waals surface area contributed by atoms with E-state index in [4.69, 9.17) is 0 Å². The highest BCUT2D eigenvalue weighted by Crippen LogP contribution is 2.32. The first-order chi connectivity index (χ1) is 12.1. The summed E-state index contributed by atoms with van der Waals surface area (Å²) in [5, 5.41) is 20.0. The topological polar surface area (TPSA) is 74.2 Å². The van der Waals surface area contributed by atoms with Crippen LogP contribution in [0.15, 0.2) is 53.5 Å². The quantitative estimate of drug-likeness (QED) is 0.745. The molecule has 0 spiro atoms. The second-order valence-corrected chi connectivity index (χ2v) is 6.04. The van der Waals surface area contributed by atoms with E-state index in [0.717, 1.165) is 28.2 Å². The van der Waals surface area contributed by atoms with Crippen molar-refractivity contribution >= 4 is 5.71 Å². The Morgan fingerprint density at radius 3 is 2.60 bits per heavy atom. The van der Waals surface area contributed by atoms with Gasteiger partial charge in [-0.05, 0) is 32.0 Å². The van der Waals surface area contributed by atoms with Crippen molar-refractivity contribution in [2.24, 2.45) is 4.99 Å². The monoisotopic (exact) mass is 328 g/mol. The van der Waals surface area contributed by atoms with Gasteiger partial charge < -0.3 is 5.11 Å². The number of aliphatic hydroxyl groups excluding tert-OH is 1. The van der Waals surface area contributed by atoms with E-state index >= 15 is 0 Å². The number of hydrogen-bond donors (Lipinski definition) is 1. The third kappa shape index (κ3) is 2.35. The number of aryl methyl sites for hydroxylation is 1. The Kier molecular flexibility index (Phi) is 3.48. The van der Waals surface area contributed by atoms with Gasteiger partial charge in [0.2, 0.25) is 6.23 Å². The van der Waals surface area contributed by atoms with Gasteiger partial charge in [-0.25, -0.2) is 9.98 Å². The summed E-state index contributed by atoms with van der Waals surface area (Å²) in [7, 11) is 0. The lowest BCUT2D eigenvalue weighted by molar-refractivity contribution is 0.177. The number of imidazole rings is 1.